The van der Waals surface area contributed by atoms with Crippen LogP contribution in [-0.2, 0) is 5.41 Å². The molecule has 4 rings (SSSR count). The molecule has 11 heteroatoms. The number of aryl methyl sites for hydroxylation is 1. The molecule has 3 aromatic heterocycles. The molecule has 1 saturated carbocycles. The summed E-state index contributed by atoms with van der Waals surface area (Å²) in [7, 11) is 0. The normalized spacial score (nSPS) is 15.8. The summed E-state index contributed by atoms with van der Waals surface area (Å²) in [6, 6.07) is 6.13. The summed E-state index contributed by atoms with van der Waals surface area (Å²) in [5, 5.41) is 4.17. The Labute approximate surface area is 167 Å². The number of rotatable bonds is 4. The molecule has 0 amide bonds. The first kappa shape index (κ1) is 19.4. The lowest BCUT2D eigenvalue weighted by molar-refractivity contribution is -0.215. The number of aromatic amines is 1. The molecule has 0 bridgehead atoms. The molecule has 1 aliphatic rings. The van der Waals surface area contributed by atoms with E-state index >= 15 is 0 Å². The van der Waals surface area contributed by atoms with Gasteiger partial charge in [0, 0.05) is 12.3 Å². The van der Waals surface area contributed by atoms with E-state index < -0.39 is 17.3 Å². The molecule has 152 valence electrons. The van der Waals surface area contributed by atoms with E-state index in [0.717, 1.165) is 4.68 Å². The monoisotopic (exact) mass is 425 g/mol. The molecule has 3 heterocycles. The highest BCUT2D eigenvalue weighted by Crippen LogP contribution is 2.53. The first-order valence-electron chi connectivity index (χ1n) is 8.74. The van der Waals surface area contributed by atoms with Crippen molar-refractivity contribution in [1.29, 1.82) is 0 Å². The molecule has 0 aliphatic heterocycles. The van der Waals surface area contributed by atoms with Crippen LogP contribution in [0.3, 0.4) is 0 Å². The highest BCUT2D eigenvalue weighted by atomic mass is 35.5. The molecular weight excluding hydrogens is 411 g/mol. The maximum absolute atomic E-state index is 13.5. The van der Waals surface area contributed by atoms with E-state index in [1.807, 2.05) is 0 Å². The molecule has 7 nitrogen and oxygen atoms in total. The molecule has 29 heavy (non-hydrogen) atoms. The molecule has 0 radical (unpaired) electrons. The number of nitrogens with one attached hydrogen (secondary N) is 1. The first-order valence-corrected chi connectivity index (χ1v) is 9.11. The Balaban J connectivity index is 1.65. The van der Waals surface area contributed by atoms with Crippen LogP contribution in [0.25, 0.3) is 5.82 Å². The molecule has 1 N–H and O–H groups in total. The van der Waals surface area contributed by atoms with E-state index in [4.69, 9.17) is 16.3 Å². The maximum atomic E-state index is 13.5. The Morgan fingerprint density at radius 3 is 2.62 bits per heavy atom. The van der Waals surface area contributed by atoms with Crippen LogP contribution in [0.15, 0.2) is 35.3 Å². The molecule has 1 aliphatic carbocycles. The molecule has 0 aromatic carbocycles. The number of hydrogen-bond acceptors (Lipinski definition) is 5. The van der Waals surface area contributed by atoms with E-state index in [-0.39, 0.29) is 29.6 Å². The quantitative estimate of drug-likeness (QED) is 0.636. The third-order valence-electron chi connectivity index (χ3n) is 4.99. The van der Waals surface area contributed by atoms with E-state index in [2.05, 4.69) is 20.1 Å². The largest absolute Gasteiger partial charge is 0.455 e. The zero-order valence-corrected chi connectivity index (χ0v) is 15.9. The number of H-pyrrole nitrogens is 1. The van der Waals surface area contributed by atoms with E-state index in [1.165, 1.54) is 18.3 Å². The van der Waals surface area contributed by atoms with Crippen molar-refractivity contribution in [3.05, 3.63) is 57.6 Å². The molecule has 0 spiro atoms. The van der Waals surface area contributed by atoms with Gasteiger partial charge in [-0.05, 0) is 38.0 Å². The van der Waals surface area contributed by atoms with Crippen LogP contribution in [0.5, 0.6) is 11.5 Å². The van der Waals surface area contributed by atoms with Crippen molar-refractivity contribution in [2.45, 2.75) is 37.8 Å². The Morgan fingerprint density at radius 1 is 1.28 bits per heavy atom. The summed E-state index contributed by atoms with van der Waals surface area (Å²) in [6.45, 7) is 1.64. The van der Waals surface area contributed by atoms with Gasteiger partial charge in [0.15, 0.2) is 5.82 Å². The first-order chi connectivity index (χ1) is 13.7. The summed E-state index contributed by atoms with van der Waals surface area (Å²) in [6.07, 6.45) is -2.78. The summed E-state index contributed by atoms with van der Waals surface area (Å²) in [5.74, 6) is 0.545. The van der Waals surface area contributed by atoms with Gasteiger partial charge in [0.1, 0.15) is 27.9 Å². The molecule has 0 unspecified atom stereocenters. The topological polar surface area (TPSA) is 85.7 Å². The van der Waals surface area contributed by atoms with Gasteiger partial charge in [0.25, 0.3) is 0 Å². The molecular formula is C18H15ClF3N5O2. The minimum absolute atomic E-state index is 0.0896. The van der Waals surface area contributed by atoms with Gasteiger partial charge in [-0.2, -0.15) is 17.9 Å². The lowest BCUT2D eigenvalue weighted by Crippen LogP contribution is -2.49. The zero-order valence-electron chi connectivity index (χ0n) is 15.1. The summed E-state index contributed by atoms with van der Waals surface area (Å²) < 4.78 is 47.1. The maximum Gasteiger partial charge on any atom is 0.401 e. The van der Waals surface area contributed by atoms with Crippen LogP contribution in [0, 0.1) is 6.92 Å². The summed E-state index contributed by atoms with van der Waals surface area (Å²) >= 11 is 5.82. The fraction of sp³-hybridized carbons (Fsp3) is 0.333. The fourth-order valence-corrected chi connectivity index (χ4v) is 3.38. The average molecular weight is 426 g/mol. The molecule has 1 fully saturated rings. The van der Waals surface area contributed by atoms with Crippen LogP contribution < -0.4 is 10.4 Å². The number of halogens is 4. The Kier molecular flexibility index (Phi) is 4.60. The van der Waals surface area contributed by atoms with Gasteiger partial charge in [-0.3, -0.25) is 4.98 Å². The second kappa shape index (κ2) is 6.87. The fourth-order valence-electron chi connectivity index (χ4n) is 3.22. The SMILES string of the molecule is Cc1nc(-n2nc(C3(C(F)(F)F)CCC3)[nH]c2=O)ccc1Oc1ccnc(Cl)c1. The summed E-state index contributed by atoms with van der Waals surface area (Å²) in [5.41, 5.74) is -2.46. The van der Waals surface area contributed by atoms with Crippen molar-refractivity contribution in [3.63, 3.8) is 0 Å². The third kappa shape index (κ3) is 3.37. The highest BCUT2D eigenvalue weighted by Gasteiger charge is 2.61. The van der Waals surface area contributed by atoms with E-state index in [9.17, 15) is 18.0 Å². The minimum Gasteiger partial charge on any atom is -0.455 e. The Hall–Kier alpha value is -2.88. The van der Waals surface area contributed by atoms with Gasteiger partial charge in [-0.1, -0.05) is 18.0 Å². The van der Waals surface area contributed by atoms with Gasteiger partial charge in [-0.15, -0.1) is 5.10 Å². The predicted octanol–water partition coefficient (Wildman–Crippen LogP) is 4.09. The average Bonchev–Trinajstić information content (AvgIpc) is 2.96. The smallest absolute Gasteiger partial charge is 0.401 e. The number of pyridine rings is 2. The predicted molar refractivity (Wildman–Crippen MR) is 97.6 cm³/mol. The standard InChI is InChI=1S/C18H15ClF3N5O2/c1-10-12(29-11-5-8-23-13(19)9-11)3-4-14(24-10)27-16(28)25-15(26-27)17(6-2-7-17)18(20,21)22/h3-5,8-9H,2,6-7H2,1H3,(H,25,26,28). The van der Waals surface area contributed by atoms with Gasteiger partial charge in [0.05, 0.1) is 5.69 Å². The Morgan fingerprint density at radius 2 is 2.03 bits per heavy atom. The van der Waals surface area contributed by atoms with Gasteiger partial charge in [0.2, 0.25) is 0 Å². The van der Waals surface area contributed by atoms with Crippen molar-refractivity contribution in [1.82, 2.24) is 24.7 Å². The molecule has 0 saturated heterocycles. The Bertz CT molecular complexity index is 1120. The van der Waals surface area contributed by atoms with Crippen LogP contribution in [-0.4, -0.2) is 30.9 Å². The second-order valence-corrected chi connectivity index (χ2v) is 7.18. The number of aromatic nitrogens is 5. The van der Waals surface area contributed by atoms with Crippen LogP contribution in [0.4, 0.5) is 13.2 Å². The lowest BCUT2D eigenvalue weighted by atomic mass is 9.67. The number of ether oxygens (including phenoxy) is 1. The van der Waals surface area contributed by atoms with Crippen LogP contribution in [0.2, 0.25) is 5.15 Å². The van der Waals surface area contributed by atoms with Crippen molar-refractivity contribution in [2.75, 3.05) is 0 Å². The van der Waals surface area contributed by atoms with Gasteiger partial charge >= 0.3 is 11.9 Å². The number of nitrogens with zero attached hydrogens (tertiary/aromatic N) is 4. The second-order valence-electron chi connectivity index (χ2n) is 6.79. The van der Waals surface area contributed by atoms with Gasteiger partial charge < -0.3 is 4.74 Å². The van der Waals surface area contributed by atoms with Crippen molar-refractivity contribution >= 4 is 11.6 Å². The summed E-state index contributed by atoms with van der Waals surface area (Å²) in [4.78, 5) is 22.6. The molecule has 3 aromatic rings. The minimum atomic E-state index is -4.49. The van der Waals surface area contributed by atoms with Crippen LogP contribution >= 0.6 is 11.6 Å². The zero-order chi connectivity index (χ0) is 20.8. The van der Waals surface area contributed by atoms with Crippen LogP contribution in [0.1, 0.15) is 30.8 Å². The van der Waals surface area contributed by atoms with E-state index in [0.29, 0.717) is 23.6 Å². The number of hydrogen-bond donors (Lipinski definition) is 1. The van der Waals surface area contributed by atoms with E-state index in [1.54, 1.807) is 19.1 Å². The van der Waals surface area contributed by atoms with Crippen molar-refractivity contribution in [3.8, 4) is 17.3 Å². The van der Waals surface area contributed by atoms with Crippen molar-refractivity contribution < 1.29 is 17.9 Å². The lowest BCUT2D eigenvalue weighted by Gasteiger charge is -2.40. The third-order valence-corrected chi connectivity index (χ3v) is 5.19. The van der Waals surface area contributed by atoms with Crippen molar-refractivity contribution in [2.24, 2.45) is 0 Å². The number of alkyl halides is 3. The van der Waals surface area contributed by atoms with Gasteiger partial charge in [-0.25, -0.2) is 14.8 Å². The molecule has 0 atom stereocenters. The highest BCUT2D eigenvalue weighted by molar-refractivity contribution is 6.29.